The SMILES string of the molecule is CC(CO)C(C)NC(=O)c1ccc2c(c1)OCCCO2. The van der Waals surface area contributed by atoms with Crippen molar-refractivity contribution in [3.05, 3.63) is 23.8 Å². The first kappa shape index (κ1) is 14.7. The van der Waals surface area contributed by atoms with Gasteiger partial charge in [0.1, 0.15) is 0 Å². The molecule has 2 unspecified atom stereocenters. The molecule has 1 aromatic carbocycles. The van der Waals surface area contributed by atoms with Gasteiger partial charge in [-0.25, -0.2) is 0 Å². The Morgan fingerprint density at radius 2 is 2.00 bits per heavy atom. The summed E-state index contributed by atoms with van der Waals surface area (Å²) in [6.45, 7) is 5.03. The molecule has 1 aliphatic heterocycles. The van der Waals surface area contributed by atoms with Crippen LogP contribution in [0.1, 0.15) is 30.6 Å². The average molecular weight is 279 g/mol. The lowest BCUT2D eigenvalue weighted by Gasteiger charge is -2.19. The molecule has 1 heterocycles. The summed E-state index contributed by atoms with van der Waals surface area (Å²) < 4.78 is 11.1. The minimum atomic E-state index is -0.173. The zero-order valence-electron chi connectivity index (χ0n) is 11.9. The van der Waals surface area contributed by atoms with Gasteiger partial charge in [0.05, 0.1) is 13.2 Å². The molecule has 20 heavy (non-hydrogen) atoms. The summed E-state index contributed by atoms with van der Waals surface area (Å²) in [7, 11) is 0. The number of aliphatic hydroxyl groups excluding tert-OH is 1. The quantitative estimate of drug-likeness (QED) is 0.878. The first-order valence-electron chi connectivity index (χ1n) is 6.93. The second kappa shape index (κ2) is 6.61. The Morgan fingerprint density at radius 3 is 2.70 bits per heavy atom. The number of aliphatic hydroxyl groups is 1. The van der Waals surface area contributed by atoms with Gasteiger partial charge in [0, 0.05) is 24.6 Å². The van der Waals surface area contributed by atoms with Gasteiger partial charge in [-0.15, -0.1) is 0 Å². The summed E-state index contributed by atoms with van der Waals surface area (Å²) in [5, 5.41) is 12.0. The maximum absolute atomic E-state index is 12.2. The van der Waals surface area contributed by atoms with Gasteiger partial charge in [-0.05, 0) is 31.0 Å². The fourth-order valence-electron chi connectivity index (χ4n) is 1.90. The van der Waals surface area contributed by atoms with E-state index >= 15 is 0 Å². The van der Waals surface area contributed by atoms with Crippen molar-refractivity contribution in [1.29, 1.82) is 0 Å². The Morgan fingerprint density at radius 1 is 1.30 bits per heavy atom. The highest BCUT2D eigenvalue weighted by Crippen LogP contribution is 2.30. The van der Waals surface area contributed by atoms with Crippen LogP contribution in [-0.2, 0) is 0 Å². The number of benzene rings is 1. The lowest BCUT2D eigenvalue weighted by molar-refractivity contribution is 0.0916. The van der Waals surface area contributed by atoms with Crippen molar-refractivity contribution in [2.24, 2.45) is 5.92 Å². The van der Waals surface area contributed by atoms with Crippen molar-refractivity contribution < 1.29 is 19.4 Å². The predicted octanol–water partition coefficient (Wildman–Crippen LogP) is 1.59. The van der Waals surface area contributed by atoms with Crippen LogP contribution in [0.5, 0.6) is 11.5 Å². The first-order chi connectivity index (χ1) is 9.61. The van der Waals surface area contributed by atoms with Crippen LogP contribution in [0.2, 0.25) is 0 Å². The molecule has 110 valence electrons. The average Bonchev–Trinajstić information content (AvgIpc) is 2.70. The number of hydrogen-bond acceptors (Lipinski definition) is 4. The Labute approximate surface area is 118 Å². The van der Waals surface area contributed by atoms with Crippen LogP contribution in [0.15, 0.2) is 18.2 Å². The van der Waals surface area contributed by atoms with E-state index < -0.39 is 0 Å². The molecular weight excluding hydrogens is 258 g/mol. The molecule has 5 heteroatoms. The summed E-state index contributed by atoms with van der Waals surface area (Å²) >= 11 is 0. The highest BCUT2D eigenvalue weighted by atomic mass is 16.5. The molecular formula is C15H21NO4. The number of ether oxygens (including phenoxy) is 2. The Hall–Kier alpha value is -1.75. The monoisotopic (exact) mass is 279 g/mol. The molecule has 5 nitrogen and oxygen atoms in total. The topological polar surface area (TPSA) is 67.8 Å². The summed E-state index contributed by atoms with van der Waals surface area (Å²) in [5.41, 5.74) is 0.534. The molecule has 0 radical (unpaired) electrons. The van der Waals surface area contributed by atoms with Gasteiger partial charge < -0.3 is 19.9 Å². The van der Waals surface area contributed by atoms with Crippen LogP contribution in [-0.4, -0.2) is 36.9 Å². The number of fused-ring (bicyclic) bond motifs is 1. The fraction of sp³-hybridized carbons (Fsp3) is 0.533. The van der Waals surface area contributed by atoms with Crippen molar-refractivity contribution in [3.63, 3.8) is 0 Å². The Balaban J connectivity index is 2.09. The predicted molar refractivity (Wildman–Crippen MR) is 75.2 cm³/mol. The highest BCUT2D eigenvalue weighted by molar-refractivity contribution is 5.95. The third kappa shape index (κ3) is 3.42. The van der Waals surface area contributed by atoms with Gasteiger partial charge in [0.2, 0.25) is 0 Å². The Bertz CT molecular complexity index is 475. The van der Waals surface area contributed by atoms with Crippen LogP contribution < -0.4 is 14.8 Å². The molecule has 0 fully saturated rings. The number of carbonyl (C=O) groups excluding carboxylic acids is 1. The fourth-order valence-corrected chi connectivity index (χ4v) is 1.90. The van der Waals surface area contributed by atoms with Crippen LogP contribution in [0.4, 0.5) is 0 Å². The smallest absolute Gasteiger partial charge is 0.251 e. The number of carbonyl (C=O) groups is 1. The summed E-state index contributed by atoms with van der Waals surface area (Å²) in [6.07, 6.45) is 0.835. The molecule has 2 N–H and O–H groups in total. The maximum atomic E-state index is 12.2. The first-order valence-corrected chi connectivity index (χ1v) is 6.93. The minimum Gasteiger partial charge on any atom is -0.490 e. The van der Waals surface area contributed by atoms with Crippen LogP contribution >= 0.6 is 0 Å². The molecule has 2 rings (SSSR count). The normalized spacial score (nSPS) is 16.9. The largest absolute Gasteiger partial charge is 0.490 e. The van der Waals surface area contributed by atoms with Crippen LogP contribution in [0.3, 0.4) is 0 Å². The van der Waals surface area contributed by atoms with Crippen LogP contribution in [0.25, 0.3) is 0 Å². The standard InChI is InChI=1S/C15H21NO4/c1-10(9-17)11(2)16-15(18)12-4-5-13-14(8-12)20-7-3-6-19-13/h4-5,8,10-11,17H,3,6-7,9H2,1-2H3,(H,16,18). The van der Waals surface area contributed by atoms with Crippen molar-refractivity contribution in [2.75, 3.05) is 19.8 Å². The lowest BCUT2D eigenvalue weighted by atomic mass is 10.0. The van der Waals surface area contributed by atoms with E-state index in [0.29, 0.717) is 30.3 Å². The zero-order chi connectivity index (χ0) is 14.5. The van der Waals surface area contributed by atoms with E-state index in [2.05, 4.69) is 5.32 Å². The van der Waals surface area contributed by atoms with E-state index in [1.165, 1.54) is 0 Å². The third-order valence-corrected chi connectivity index (χ3v) is 3.51. The van der Waals surface area contributed by atoms with Crippen LogP contribution in [0, 0.1) is 5.92 Å². The van der Waals surface area contributed by atoms with Gasteiger partial charge >= 0.3 is 0 Å². The molecule has 2 atom stereocenters. The van der Waals surface area contributed by atoms with Gasteiger partial charge in [-0.1, -0.05) is 6.92 Å². The van der Waals surface area contributed by atoms with E-state index in [-0.39, 0.29) is 24.5 Å². The molecule has 0 saturated heterocycles. The number of hydrogen-bond donors (Lipinski definition) is 2. The lowest BCUT2D eigenvalue weighted by Crippen LogP contribution is -2.38. The maximum Gasteiger partial charge on any atom is 0.251 e. The molecule has 1 amide bonds. The zero-order valence-corrected chi connectivity index (χ0v) is 11.9. The molecule has 1 aliphatic rings. The molecule has 1 aromatic rings. The van der Waals surface area contributed by atoms with Crippen molar-refractivity contribution in [3.8, 4) is 11.5 Å². The van der Waals surface area contributed by atoms with Crippen molar-refractivity contribution >= 4 is 5.91 Å². The highest BCUT2D eigenvalue weighted by Gasteiger charge is 2.17. The second-order valence-corrected chi connectivity index (χ2v) is 5.13. The van der Waals surface area contributed by atoms with Crippen molar-refractivity contribution in [2.45, 2.75) is 26.3 Å². The van der Waals surface area contributed by atoms with E-state index in [1.807, 2.05) is 13.8 Å². The molecule has 0 spiro atoms. The number of rotatable bonds is 4. The second-order valence-electron chi connectivity index (χ2n) is 5.13. The van der Waals surface area contributed by atoms with Gasteiger partial charge in [0.25, 0.3) is 5.91 Å². The molecule has 0 saturated carbocycles. The van der Waals surface area contributed by atoms with E-state index in [9.17, 15) is 4.79 Å². The number of nitrogens with one attached hydrogen (secondary N) is 1. The van der Waals surface area contributed by atoms with Crippen molar-refractivity contribution in [1.82, 2.24) is 5.32 Å². The molecule has 0 aliphatic carbocycles. The summed E-state index contributed by atoms with van der Waals surface area (Å²) in [4.78, 5) is 12.2. The molecule has 0 aromatic heterocycles. The minimum absolute atomic E-state index is 0.0133. The van der Waals surface area contributed by atoms with E-state index in [1.54, 1.807) is 18.2 Å². The third-order valence-electron chi connectivity index (χ3n) is 3.51. The van der Waals surface area contributed by atoms with Gasteiger partial charge in [-0.3, -0.25) is 4.79 Å². The van der Waals surface area contributed by atoms with Gasteiger partial charge in [-0.2, -0.15) is 0 Å². The van der Waals surface area contributed by atoms with E-state index in [0.717, 1.165) is 6.42 Å². The van der Waals surface area contributed by atoms with Gasteiger partial charge in [0.15, 0.2) is 11.5 Å². The Kier molecular flexibility index (Phi) is 4.84. The summed E-state index contributed by atoms with van der Waals surface area (Å²) in [5.74, 6) is 1.13. The number of amides is 1. The van der Waals surface area contributed by atoms with E-state index in [4.69, 9.17) is 14.6 Å². The molecule has 0 bridgehead atoms. The summed E-state index contributed by atoms with van der Waals surface area (Å²) in [6, 6.07) is 5.09.